The molecule has 1 atom stereocenters. The van der Waals surface area contributed by atoms with Gasteiger partial charge in [0.25, 0.3) is 0 Å². The van der Waals surface area contributed by atoms with Gasteiger partial charge in [-0.05, 0) is 24.7 Å². The summed E-state index contributed by atoms with van der Waals surface area (Å²) < 4.78 is 5.40. The van der Waals surface area contributed by atoms with Gasteiger partial charge < -0.3 is 15.4 Å². The second kappa shape index (κ2) is 7.38. The van der Waals surface area contributed by atoms with E-state index >= 15 is 0 Å². The van der Waals surface area contributed by atoms with E-state index in [0.717, 1.165) is 51.9 Å². The molecule has 0 saturated carbocycles. The predicted octanol–water partition coefficient (Wildman–Crippen LogP) is 0.541. The average molecular weight is 283 g/mol. The van der Waals surface area contributed by atoms with Gasteiger partial charge in [-0.25, -0.2) is 0 Å². The third-order valence-corrected chi connectivity index (χ3v) is 4.54. The van der Waals surface area contributed by atoms with Gasteiger partial charge in [0.1, 0.15) is 0 Å². The number of hydrogen-bond acceptors (Lipinski definition) is 4. The fraction of sp³-hybridized carbons (Fsp3) is 0.933. The monoisotopic (exact) mass is 283 g/mol. The number of nitrogens with zero attached hydrogens (tertiary/aromatic N) is 2. The van der Waals surface area contributed by atoms with E-state index in [0.29, 0.717) is 0 Å². The Morgan fingerprint density at radius 3 is 2.35 bits per heavy atom. The Labute approximate surface area is 122 Å². The van der Waals surface area contributed by atoms with Crippen molar-refractivity contribution in [2.24, 2.45) is 17.6 Å². The van der Waals surface area contributed by atoms with Crippen LogP contribution in [0.5, 0.6) is 0 Å². The fourth-order valence-corrected chi connectivity index (χ4v) is 2.94. The number of piperazine rings is 1. The standard InChI is InChI=1S/C15H29N3O2/c1-12(2)14(16)15(19)18-7-5-17(6-8-18)11-13-3-9-20-10-4-13/h12-14H,3-11,16H2,1-2H3/t14-/m0/s1. The number of ether oxygens (including phenoxy) is 1. The van der Waals surface area contributed by atoms with Crippen LogP contribution in [0, 0.1) is 11.8 Å². The van der Waals surface area contributed by atoms with Crippen molar-refractivity contribution in [3.8, 4) is 0 Å². The summed E-state index contributed by atoms with van der Waals surface area (Å²) in [5, 5.41) is 0. The lowest BCUT2D eigenvalue weighted by Gasteiger charge is -2.38. The third-order valence-electron chi connectivity index (χ3n) is 4.54. The molecule has 0 aromatic carbocycles. The number of nitrogens with two attached hydrogens (primary N) is 1. The Kier molecular flexibility index (Phi) is 5.81. The molecule has 116 valence electrons. The molecule has 0 aliphatic carbocycles. The van der Waals surface area contributed by atoms with E-state index in [4.69, 9.17) is 10.5 Å². The van der Waals surface area contributed by atoms with E-state index in [1.54, 1.807) is 0 Å². The second-order valence-electron chi connectivity index (χ2n) is 6.45. The van der Waals surface area contributed by atoms with E-state index in [9.17, 15) is 4.79 Å². The molecule has 1 amide bonds. The van der Waals surface area contributed by atoms with Crippen molar-refractivity contribution in [3.63, 3.8) is 0 Å². The Morgan fingerprint density at radius 2 is 1.80 bits per heavy atom. The fourth-order valence-electron chi connectivity index (χ4n) is 2.94. The summed E-state index contributed by atoms with van der Waals surface area (Å²) >= 11 is 0. The first-order valence-corrected chi connectivity index (χ1v) is 7.92. The van der Waals surface area contributed by atoms with Crippen molar-refractivity contribution in [2.75, 3.05) is 45.9 Å². The van der Waals surface area contributed by atoms with E-state index < -0.39 is 0 Å². The zero-order valence-corrected chi connectivity index (χ0v) is 12.9. The lowest BCUT2D eigenvalue weighted by molar-refractivity contribution is -0.135. The van der Waals surface area contributed by atoms with E-state index in [2.05, 4.69) is 4.90 Å². The molecule has 0 aromatic rings. The summed E-state index contributed by atoms with van der Waals surface area (Å²) in [5.74, 6) is 1.09. The molecule has 0 radical (unpaired) electrons. The second-order valence-corrected chi connectivity index (χ2v) is 6.45. The van der Waals surface area contributed by atoms with E-state index in [1.807, 2.05) is 18.7 Å². The van der Waals surface area contributed by atoms with Gasteiger partial charge in [0.05, 0.1) is 6.04 Å². The first kappa shape index (κ1) is 15.7. The molecular weight excluding hydrogens is 254 g/mol. The van der Waals surface area contributed by atoms with Gasteiger partial charge in [-0.15, -0.1) is 0 Å². The highest BCUT2D eigenvalue weighted by Gasteiger charge is 2.27. The average Bonchev–Trinajstić information content (AvgIpc) is 2.47. The largest absolute Gasteiger partial charge is 0.381 e. The lowest BCUT2D eigenvalue weighted by atomic mass is 9.99. The molecular formula is C15H29N3O2. The van der Waals surface area contributed by atoms with Crippen LogP contribution in [-0.4, -0.2) is 67.7 Å². The molecule has 2 aliphatic rings. The molecule has 2 heterocycles. The van der Waals surface area contributed by atoms with Crippen molar-refractivity contribution < 1.29 is 9.53 Å². The number of carbonyl (C=O) groups excluding carboxylic acids is 1. The lowest BCUT2D eigenvalue weighted by Crippen LogP contribution is -2.54. The molecule has 5 nitrogen and oxygen atoms in total. The van der Waals surface area contributed by atoms with Crippen LogP contribution in [0.1, 0.15) is 26.7 Å². The minimum atomic E-state index is -0.350. The van der Waals surface area contributed by atoms with Gasteiger partial charge in [-0.2, -0.15) is 0 Å². The predicted molar refractivity (Wildman–Crippen MR) is 79.4 cm³/mol. The van der Waals surface area contributed by atoms with Crippen LogP contribution in [0.15, 0.2) is 0 Å². The molecule has 2 saturated heterocycles. The van der Waals surface area contributed by atoms with Crippen LogP contribution < -0.4 is 5.73 Å². The molecule has 5 heteroatoms. The highest BCUT2D eigenvalue weighted by atomic mass is 16.5. The van der Waals surface area contributed by atoms with Crippen LogP contribution >= 0.6 is 0 Å². The van der Waals surface area contributed by atoms with Crippen molar-refractivity contribution in [1.82, 2.24) is 9.80 Å². The number of carbonyl (C=O) groups is 1. The third kappa shape index (κ3) is 4.17. The SMILES string of the molecule is CC(C)[C@H](N)C(=O)N1CCN(CC2CCOCC2)CC1. The molecule has 0 spiro atoms. The summed E-state index contributed by atoms with van der Waals surface area (Å²) in [4.78, 5) is 16.6. The van der Waals surface area contributed by atoms with E-state index in [-0.39, 0.29) is 17.9 Å². The van der Waals surface area contributed by atoms with Gasteiger partial charge in [0.15, 0.2) is 0 Å². The van der Waals surface area contributed by atoms with Gasteiger partial charge in [0, 0.05) is 45.9 Å². The van der Waals surface area contributed by atoms with Crippen LogP contribution in [-0.2, 0) is 9.53 Å². The summed E-state index contributed by atoms with van der Waals surface area (Å²) in [5.41, 5.74) is 5.96. The van der Waals surface area contributed by atoms with Crippen molar-refractivity contribution in [3.05, 3.63) is 0 Å². The Bertz CT molecular complexity index is 308. The van der Waals surface area contributed by atoms with Gasteiger partial charge in [0.2, 0.25) is 5.91 Å². The first-order valence-electron chi connectivity index (χ1n) is 7.92. The maximum atomic E-state index is 12.2. The molecule has 2 rings (SSSR count). The summed E-state index contributed by atoms with van der Waals surface area (Å²) in [6.07, 6.45) is 2.36. The van der Waals surface area contributed by atoms with Gasteiger partial charge in [-0.3, -0.25) is 9.69 Å². The molecule has 0 bridgehead atoms. The zero-order chi connectivity index (χ0) is 14.5. The smallest absolute Gasteiger partial charge is 0.239 e. The molecule has 0 aromatic heterocycles. The summed E-state index contributed by atoms with van der Waals surface area (Å²) in [7, 11) is 0. The molecule has 2 aliphatic heterocycles. The van der Waals surface area contributed by atoms with Crippen LogP contribution in [0.3, 0.4) is 0 Å². The van der Waals surface area contributed by atoms with Gasteiger partial charge in [-0.1, -0.05) is 13.8 Å². The normalized spacial score (nSPS) is 24.1. The maximum Gasteiger partial charge on any atom is 0.239 e. The number of hydrogen-bond donors (Lipinski definition) is 1. The Hall–Kier alpha value is -0.650. The maximum absolute atomic E-state index is 12.2. The zero-order valence-electron chi connectivity index (χ0n) is 12.9. The Morgan fingerprint density at radius 1 is 1.20 bits per heavy atom. The number of rotatable bonds is 4. The Balaban J connectivity index is 1.73. The molecule has 2 fully saturated rings. The van der Waals surface area contributed by atoms with Crippen molar-refractivity contribution in [2.45, 2.75) is 32.7 Å². The summed E-state index contributed by atoms with van der Waals surface area (Å²) in [6.45, 7) is 10.6. The van der Waals surface area contributed by atoms with E-state index in [1.165, 1.54) is 12.8 Å². The first-order chi connectivity index (χ1) is 9.58. The topological polar surface area (TPSA) is 58.8 Å². The minimum absolute atomic E-state index is 0.116. The molecule has 2 N–H and O–H groups in total. The summed E-state index contributed by atoms with van der Waals surface area (Å²) in [6, 6.07) is -0.350. The van der Waals surface area contributed by atoms with Crippen molar-refractivity contribution >= 4 is 5.91 Å². The van der Waals surface area contributed by atoms with Crippen LogP contribution in [0.25, 0.3) is 0 Å². The van der Waals surface area contributed by atoms with Crippen LogP contribution in [0.4, 0.5) is 0 Å². The number of amides is 1. The van der Waals surface area contributed by atoms with Gasteiger partial charge >= 0.3 is 0 Å². The highest BCUT2D eigenvalue weighted by Crippen LogP contribution is 2.17. The quantitative estimate of drug-likeness (QED) is 0.818. The minimum Gasteiger partial charge on any atom is -0.381 e. The molecule has 0 unspecified atom stereocenters. The highest BCUT2D eigenvalue weighted by molar-refractivity contribution is 5.82. The van der Waals surface area contributed by atoms with Crippen molar-refractivity contribution in [1.29, 1.82) is 0 Å². The van der Waals surface area contributed by atoms with Crippen LogP contribution in [0.2, 0.25) is 0 Å². The molecule has 20 heavy (non-hydrogen) atoms.